The largest absolute Gasteiger partial charge is 0.212 e. The number of aromatic nitrogens is 1. The fourth-order valence-electron chi connectivity index (χ4n) is 2.07. The molecule has 0 saturated carbocycles. The highest BCUT2D eigenvalue weighted by atomic mass is 14.9. The molecule has 2 rings (SSSR count). The van der Waals surface area contributed by atoms with Crippen molar-refractivity contribution in [2.45, 2.75) is 20.3 Å². The average molecular weight is 200 g/mol. The molecule has 1 heteroatoms. The van der Waals surface area contributed by atoms with Crippen molar-refractivity contribution >= 4 is 10.9 Å². The lowest BCUT2D eigenvalue weighted by atomic mass is 10.0. The zero-order chi connectivity index (χ0) is 10.8. The van der Waals surface area contributed by atoms with Gasteiger partial charge < -0.3 is 0 Å². The van der Waals surface area contributed by atoms with E-state index in [0.717, 1.165) is 6.42 Å². The lowest BCUT2D eigenvalue weighted by Crippen LogP contribution is -2.29. The van der Waals surface area contributed by atoms with Crippen LogP contribution in [0.4, 0.5) is 0 Å². The third kappa shape index (κ3) is 2.17. The maximum Gasteiger partial charge on any atom is 0.212 e. The van der Waals surface area contributed by atoms with Gasteiger partial charge in [0.1, 0.15) is 7.05 Å². The van der Waals surface area contributed by atoms with Crippen molar-refractivity contribution < 1.29 is 4.57 Å². The number of pyridine rings is 1. The molecule has 0 atom stereocenters. The van der Waals surface area contributed by atoms with Crippen LogP contribution in [0.2, 0.25) is 0 Å². The van der Waals surface area contributed by atoms with Gasteiger partial charge in [-0.25, -0.2) is 4.57 Å². The first-order valence-corrected chi connectivity index (χ1v) is 5.54. The van der Waals surface area contributed by atoms with Gasteiger partial charge in [0.25, 0.3) is 0 Å². The lowest BCUT2D eigenvalue weighted by molar-refractivity contribution is -0.645. The normalized spacial score (nSPS) is 11.2. The molecule has 0 aliphatic carbocycles. The molecule has 1 nitrogen and oxygen atoms in total. The van der Waals surface area contributed by atoms with Gasteiger partial charge in [-0.05, 0) is 24.5 Å². The Morgan fingerprint density at radius 1 is 1.20 bits per heavy atom. The predicted octanol–water partition coefficient (Wildman–Crippen LogP) is 2.86. The number of para-hydroxylation sites is 1. The molecule has 1 aromatic carbocycles. The Balaban J connectivity index is 2.52. The van der Waals surface area contributed by atoms with Crippen LogP contribution in [0, 0.1) is 5.92 Å². The molecule has 0 saturated heterocycles. The topological polar surface area (TPSA) is 3.88 Å². The molecule has 0 N–H and O–H groups in total. The van der Waals surface area contributed by atoms with Gasteiger partial charge in [-0.2, -0.15) is 0 Å². The number of hydrogen-bond acceptors (Lipinski definition) is 0. The molecule has 0 radical (unpaired) electrons. The summed E-state index contributed by atoms with van der Waals surface area (Å²) < 4.78 is 2.22. The van der Waals surface area contributed by atoms with Gasteiger partial charge in [0.15, 0.2) is 6.20 Å². The van der Waals surface area contributed by atoms with Crippen LogP contribution in [-0.4, -0.2) is 0 Å². The van der Waals surface area contributed by atoms with E-state index in [4.69, 9.17) is 0 Å². The SMILES string of the molecule is CC(C)Cc1cc2ccccc2[n+](C)c1. The highest BCUT2D eigenvalue weighted by molar-refractivity contribution is 5.75. The number of rotatable bonds is 2. The van der Waals surface area contributed by atoms with E-state index < -0.39 is 0 Å². The van der Waals surface area contributed by atoms with Crippen molar-refractivity contribution in [1.82, 2.24) is 0 Å². The van der Waals surface area contributed by atoms with Crippen molar-refractivity contribution in [3.05, 3.63) is 42.1 Å². The molecular weight excluding hydrogens is 182 g/mol. The van der Waals surface area contributed by atoms with Gasteiger partial charge in [-0.3, -0.25) is 0 Å². The first kappa shape index (κ1) is 10.2. The fourth-order valence-corrected chi connectivity index (χ4v) is 2.07. The second-order valence-electron chi connectivity index (χ2n) is 4.62. The van der Waals surface area contributed by atoms with Gasteiger partial charge in [0.2, 0.25) is 5.52 Å². The van der Waals surface area contributed by atoms with Crippen LogP contribution in [0.1, 0.15) is 19.4 Å². The molecule has 1 heterocycles. The van der Waals surface area contributed by atoms with Crippen LogP contribution in [0.25, 0.3) is 10.9 Å². The zero-order valence-electron chi connectivity index (χ0n) is 9.70. The highest BCUT2D eigenvalue weighted by Crippen LogP contribution is 2.13. The molecular formula is C14H18N+. The van der Waals surface area contributed by atoms with Crippen LogP contribution < -0.4 is 4.57 Å². The molecule has 0 aliphatic heterocycles. The second-order valence-corrected chi connectivity index (χ2v) is 4.62. The average Bonchev–Trinajstić information content (AvgIpc) is 2.16. The number of fused-ring (bicyclic) bond motifs is 1. The van der Waals surface area contributed by atoms with Crippen molar-refractivity contribution in [1.29, 1.82) is 0 Å². The Kier molecular flexibility index (Phi) is 2.72. The van der Waals surface area contributed by atoms with Crippen molar-refractivity contribution in [2.24, 2.45) is 13.0 Å². The van der Waals surface area contributed by atoms with E-state index in [9.17, 15) is 0 Å². The Bertz CT molecular complexity index is 472. The van der Waals surface area contributed by atoms with Gasteiger partial charge in [0, 0.05) is 17.0 Å². The minimum absolute atomic E-state index is 0.714. The maximum atomic E-state index is 2.30. The van der Waals surface area contributed by atoms with Gasteiger partial charge in [0.05, 0.1) is 0 Å². The summed E-state index contributed by atoms with van der Waals surface area (Å²) >= 11 is 0. The molecule has 15 heavy (non-hydrogen) atoms. The molecule has 0 amide bonds. The summed E-state index contributed by atoms with van der Waals surface area (Å²) in [6.45, 7) is 4.52. The van der Waals surface area contributed by atoms with Crippen LogP contribution in [0.5, 0.6) is 0 Å². The fraction of sp³-hybridized carbons (Fsp3) is 0.357. The summed E-state index contributed by atoms with van der Waals surface area (Å²) in [6, 6.07) is 10.8. The van der Waals surface area contributed by atoms with E-state index in [1.165, 1.54) is 16.5 Å². The van der Waals surface area contributed by atoms with E-state index in [1.54, 1.807) is 0 Å². The summed E-state index contributed by atoms with van der Waals surface area (Å²) in [5, 5.41) is 1.33. The maximum absolute atomic E-state index is 2.30. The Hall–Kier alpha value is -1.37. The monoisotopic (exact) mass is 200 g/mol. The minimum Gasteiger partial charge on any atom is -0.201 e. The van der Waals surface area contributed by atoms with Crippen LogP contribution in [-0.2, 0) is 13.5 Å². The summed E-state index contributed by atoms with van der Waals surface area (Å²) in [7, 11) is 2.12. The van der Waals surface area contributed by atoms with E-state index in [-0.39, 0.29) is 0 Å². The van der Waals surface area contributed by atoms with Crippen molar-refractivity contribution in [3.63, 3.8) is 0 Å². The lowest BCUT2D eigenvalue weighted by Gasteiger charge is -2.04. The van der Waals surface area contributed by atoms with Gasteiger partial charge >= 0.3 is 0 Å². The molecule has 78 valence electrons. The van der Waals surface area contributed by atoms with E-state index in [2.05, 4.69) is 62.0 Å². The predicted molar refractivity (Wildman–Crippen MR) is 63.7 cm³/mol. The number of hydrogen-bond donors (Lipinski definition) is 0. The summed E-state index contributed by atoms with van der Waals surface area (Å²) in [5.74, 6) is 0.714. The van der Waals surface area contributed by atoms with E-state index in [1.807, 2.05) is 0 Å². The number of nitrogens with zero attached hydrogens (tertiary/aromatic N) is 1. The van der Waals surface area contributed by atoms with Crippen molar-refractivity contribution in [3.8, 4) is 0 Å². The Labute approximate surface area is 91.4 Å². The number of aryl methyl sites for hydroxylation is 1. The first-order valence-electron chi connectivity index (χ1n) is 5.54. The third-order valence-corrected chi connectivity index (χ3v) is 2.66. The highest BCUT2D eigenvalue weighted by Gasteiger charge is 2.07. The summed E-state index contributed by atoms with van der Waals surface area (Å²) in [6.07, 6.45) is 3.39. The van der Waals surface area contributed by atoms with Gasteiger partial charge in [-0.1, -0.05) is 26.0 Å². The molecule has 2 aromatic rings. The van der Waals surface area contributed by atoms with Crippen LogP contribution in [0.3, 0.4) is 0 Å². The molecule has 0 aliphatic rings. The number of benzene rings is 1. The van der Waals surface area contributed by atoms with Gasteiger partial charge in [-0.15, -0.1) is 0 Å². The molecule has 0 unspecified atom stereocenters. The minimum atomic E-state index is 0.714. The Morgan fingerprint density at radius 3 is 2.67 bits per heavy atom. The summed E-state index contributed by atoms with van der Waals surface area (Å²) in [5.41, 5.74) is 2.72. The van der Waals surface area contributed by atoms with Crippen LogP contribution in [0.15, 0.2) is 36.5 Å². The third-order valence-electron chi connectivity index (χ3n) is 2.66. The molecule has 0 fully saturated rings. The zero-order valence-corrected chi connectivity index (χ0v) is 9.70. The second kappa shape index (κ2) is 4.01. The Morgan fingerprint density at radius 2 is 1.93 bits per heavy atom. The molecule has 0 bridgehead atoms. The summed E-state index contributed by atoms with van der Waals surface area (Å²) in [4.78, 5) is 0. The van der Waals surface area contributed by atoms with Crippen molar-refractivity contribution in [2.75, 3.05) is 0 Å². The molecule has 0 spiro atoms. The van der Waals surface area contributed by atoms with E-state index in [0.29, 0.717) is 5.92 Å². The standard InChI is InChI=1S/C14H18N/c1-11(2)8-12-9-13-6-4-5-7-14(13)15(3)10-12/h4-7,9-11H,8H2,1-3H3/q+1. The smallest absolute Gasteiger partial charge is 0.201 e. The van der Waals surface area contributed by atoms with Crippen LogP contribution >= 0.6 is 0 Å². The molecule has 1 aromatic heterocycles. The van der Waals surface area contributed by atoms with E-state index >= 15 is 0 Å². The quantitative estimate of drug-likeness (QED) is 0.656. The first-order chi connectivity index (χ1) is 7.16.